The molecule has 8 heteroatoms. The van der Waals surface area contributed by atoms with Crippen LogP contribution in [0.5, 0.6) is 11.5 Å². The Morgan fingerprint density at radius 2 is 1.69 bits per heavy atom. The van der Waals surface area contributed by atoms with Crippen LogP contribution in [0.25, 0.3) is 0 Å². The van der Waals surface area contributed by atoms with Gasteiger partial charge in [-0.1, -0.05) is 60.7 Å². The monoisotopic (exact) mass is 476 g/mol. The molecular formula is C27H28N2O6. The van der Waals surface area contributed by atoms with Crippen LogP contribution in [0.1, 0.15) is 40.4 Å². The summed E-state index contributed by atoms with van der Waals surface area (Å²) in [5.74, 6) is -1.92. The van der Waals surface area contributed by atoms with Crippen LogP contribution in [0.3, 0.4) is 0 Å². The average molecular weight is 477 g/mol. The van der Waals surface area contributed by atoms with E-state index in [0.29, 0.717) is 6.61 Å². The van der Waals surface area contributed by atoms with Gasteiger partial charge >= 0.3 is 5.97 Å². The van der Waals surface area contributed by atoms with Crippen LogP contribution < -0.4 is 10.1 Å². The summed E-state index contributed by atoms with van der Waals surface area (Å²) in [4.78, 5) is 29.9. The number of cyclic esters (lactones) is 1. The maximum absolute atomic E-state index is 13.1. The number of esters is 1. The number of methoxy groups -OCH3 is 1. The van der Waals surface area contributed by atoms with Crippen molar-refractivity contribution in [3.63, 3.8) is 0 Å². The number of ether oxygens (including phenoxy) is 3. The first-order valence-electron chi connectivity index (χ1n) is 11.4. The number of nitrogens with zero attached hydrogens (tertiary/aromatic N) is 1. The molecule has 0 bridgehead atoms. The van der Waals surface area contributed by atoms with Crippen molar-refractivity contribution in [3.05, 3.63) is 89.7 Å². The van der Waals surface area contributed by atoms with E-state index in [4.69, 9.17) is 14.2 Å². The standard InChI is InChI=1S/C27H28N2O6/c1-17-23(19-11-7-4-8-12-19)20(18-9-5-3-6-10-18)15-34-16-21(27(32)35-17)29-26(31)24-25(30)22(33-2)13-14-28-24/h3-14,17,20-21,23,30H,15-16H2,1-2H3,(H,29,31)/t17-,20+,21-,23+/m0/s1. The molecule has 1 saturated heterocycles. The van der Waals surface area contributed by atoms with Crippen LogP contribution in [-0.4, -0.2) is 54.4 Å². The third kappa shape index (κ3) is 5.44. The van der Waals surface area contributed by atoms with E-state index in [1.807, 2.05) is 67.6 Å². The lowest BCUT2D eigenvalue weighted by Crippen LogP contribution is -2.46. The minimum absolute atomic E-state index is 0.0834. The fourth-order valence-corrected chi connectivity index (χ4v) is 4.43. The number of pyridine rings is 1. The van der Waals surface area contributed by atoms with Crippen molar-refractivity contribution in [2.45, 2.75) is 30.9 Å². The molecule has 4 rings (SSSR count). The molecule has 1 aliphatic heterocycles. The smallest absolute Gasteiger partial charge is 0.331 e. The predicted molar refractivity (Wildman–Crippen MR) is 128 cm³/mol. The van der Waals surface area contributed by atoms with Crippen LogP contribution in [0, 0.1) is 0 Å². The Morgan fingerprint density at radius 3 is 2.34 bits per heavy atom. The summed E-state index contributed by atoms with van der Waals surface area (Å²) < 4.78 is 16.9. The van der Waals surface area contributed by atoms with Crippen molar-refractivity contribution in [2.24, 2.45) is 0 Å². The van der Waals surface area contributed by atoms with Crippen molar-refractivity contribution in [1.82, 2.24) is 10.3 Å². The zero-order valence-electron chi connectivity index (χ0n) is 19.6. The van der Waals surface area contributed by atoms with Gasteiger partial charge in [-0.15, -0.1) is 0 Å². The molecule has 1 aromatic heterocycles. The molecule has 0 unspecified atom stereocenters. The van der Waals surface area contributed by atoms with Gasteiger partial charge < -0.3 is 24.6 Å². The third-order valence-electron chi connectivity index (χ3n) is 6.15. The highest BCUT2D eigenvalue weighted by molar-refractivity contribution is 5.98. The SMILES string of the molecule is COc1ccnc(C(=O)N[C@H]2COC[C@H](c3ccccc3)[C@@H](c3ccccc3)[C@H](C)OC2=O)c1O. The van der Waals surface area contributed by atoms with E-state index in [2.05, 4.69) is 10.3 Å². The number of carbonyl (C=O) groups excluding carboxylic acids is 2. The van der Waals surface area contributed by atoms with E-state index in [-0.39, 0.29) is 29.9 Å². The Morgan fingerprint density at radius 1 is 1.03 bits per heavy atom. The number of aromatic hydroxyl groups is 1. The van der Waals surface area contributed by atoms with E-state index in [9.17, 15) is 14.7 Å². The van der Waals surface area contributed by atoms with E-state index in [1.54, 1.807) is 0 Å². The topological polar surface area (TPSA) is 107 Å². The van der Waals surface area contributed by atoms with Crippen LogP contribution >= 0.6 is 0 Å². The van der Waals surface area contributed by atoms with E-state index >= 15 is 0 Å². The summed E-state index contributed by atoms with van der Waals surface area (Å²) in [5, 5.41) is 12.9. The summed E-state index contributed by atoms with van der Waals surface area (Å²) in [6, 6.07) is 20.2. The highest BCUT2D eigenvalue weighted by atomic mass is 16.6. The molecule has 35 heavy (non-hydrogen) atoms. The van der Waals surface area contributed by atoms with Crippen molar-refractivity contribution < 1.29 is 28.9 Å². The van der Waals surface area contributed by atoms with Gasteiger partial charge in [0.15, 0.2) is 23.2 Å². The second-order valence-electron chi connectivity index (χ2n) is 8.37. The first-order chi connectivity index (χ1) is 17.0. The Labute approximate surface area is 203 Å². The Kier molecular flexibility index (Phi) is 7.62. The molecule has 2 aromatic carbocycles. The largest absolute Gasteiger partial charge is 0.503 e. The Hall–Kier alpha value is -3.91. The predicted octanol–water partition coefficient (Wildman–Crippen LogP) is 3.42. The van der Waals surface area contributed by atoms with Gasteiger partial charge in [0.25, 0.3) is 5.91 Å². The van der Waals surface area contributed by atoms with Crippen molar-refractivity contribution >= 4 is 11.9 Å². The maximum Gasteiger partial charge on any atom is 0.331 e. The molecule has 4 atom stereocenters. The van der Waals surface area contributed by atoms with Gasteiger partial charge in [0.05, 0.1) is 20.3 Å². The minimum atomic E-state index is -1.08. The van der Waals surface area contributed by atoms with Crippen LogP contribution in [0.4, 0.5) is 0 Å². The fourth-order valence-electron chi connectivity index (χ4n) is 4.43. The number of rotatable bonds is 5. The van der Waals surface area contributed by atoms with Gasteiger partial charge in [-0.2, -0.15) is 0 Å². The number of nitrogens with one attached hydrogen (secondary N) is 1. The summed E-state index contributed by atoms with van der Waals surface area (Å²) in [6.45, 7) is 2.08. The van der Waals surface area contributed by atoms with E-state index in [1.165, 1.54) is 19.4 Å². The zero-order valence-corrected chi connectivity index (χ0v) is 19.6. The first kappa shape index (κ1) is 24.2. The second-order valence-corrected chi connectivity index (χ2v) is 8.37. The van der Waals surface area contributed by atoms with E-state index in [0.717, 1.165) is 11.1 Å². The van der Waals surface area contributed by atoms with Crippen molar-refractivity contribution in [3.8, 4) is 11.5 Å². The van der Waals surface area contributed by atoms with Gasteiger partial charge in [0.2, 0.25) is 0 Å². The van der Waals surface area contributed by atoms with Crippen LogP contribution in [-0.2, 0) is 14.3 Å². The molecule has 1 aliphatic rings. The molecule has 0 saturated carbocycles. The van der Waals surface area contributed by atoms with Crippen molar-refractivity contribution in [1.29, 1.82) is 0 Å². The number of aromatic nitrogens is 1. The number of carbonyl (C=O) groups is 2. The molecule has 1 amide bonds. The summed E-state index contributed by atoms with van der Waals surface area (Å²) in [5.41, 5.74) is 1.84. The molecule has 2 heterocycles. The number of hydrogen-bond acceptors (Lipinski definition) is 7. The Balaban J connectivity index is 1.60. The van der Waals surface area contributed by atoms with Crippen LogP contribution in [0.15, 0.2) is 72.9 Å². The number of hydrogen-bond donors (Lipinski definition) is 2. The normalized spacial score (nSPS) is 22.7. The summed E-state index contributed by atoms with van der Waals surface area (Å²) >= 11 is 0. The van der Waals surface area contributed by atoms with Gasteiger partial charge in [-0.05, 0) is 18.1 Å². The molecule has 8 nitrogen and oxygen atoms in total. The third-order valence-corrected chi connectivity index (χ3v) is 6.15. The first-order valence-corrected chi connectivity index (χ1v) is 11.4. The minimum Gasteiger partial charge on any atom is -0.503 e. The number of amides is 1. The molecular weight excluding hydrogens is 448 g/mol. The van der Waals surface area contributed by atoms with Gasteiger partial charge in [-0.3, -0.25) is 4.79 Å². The molecule has 1 fully saturated rings. The lowest BCUT2D eigenvalue weighted by atomic mass is 9.79. The quantitative estimate of drug-likeness (QED) is 0.544. The molecule has 2 N–H and O–H groups in total. The number of benzene rings is 2. The second kappa shape index (κ2) is 11.0. The summed E-state index contributed by atoms with van der Waals surface area (Å²) in [7, 11) is 1.37. The zero-order chi connectivity index (χ0) is 24.8. The highest BCUT2D eigenvalue weighted by Gasteiger charge is 2.36. The van der Waals surface area contributed by atoms with Gasteiger partial charge in [0, 0.05) is 24.1 Å². The molecule has 182 valence electrons. The highest BCUT2D eigenvalue weighted by Crippen LogP contribution is 2.38. The van der Waals surface area contributed by atoms with Gasteiger partial charge in [0.1, 0.15) is 6.10 Å². The molecule has 0 spiro atoms. The maximum atomic E-state index is 13.1. The molecule has 0 aliphatic carbocycles. The lowest BCUT2D eigenvalue weighted by Gasteiger charge is -2.31. The molecule has 3 aromatic rings. The van der Waals surface area contributed by atoms with Crippen molar-refractivity contribution in [2.75, 3.05) is 20.3 Å². The lowest BCUT2D eigenvalue weighted by molar-refractivity contribution is -0.152. The fraction of sp³-hybridized carbons (Fsp3) is 0.296. The summed E-state index contributed by atoms with van der Waals surface area (Å²) in [6.07, 6.45) is 0.835. The van der Waals surface area contributed by atoms with E-state index < -0.39 is 29.8 Å². The Bertz CT molecular complexity index is 1150. The van der Waals surface area contributed by atoms with Gasteiger partial charge in [-0.25, -0.2) is 9.78 Å². The molecule has 0 radical (unpaired) electrons. The average Bonchev–Trinajstić information content (AvgIpc) is 2.93. The van der Waals surface area contributed by atoms with Crippen LogP contribution in [0.2, 0.25) is 0 Å².